The third-order valence-electron chi connectivity index (χ3n) is 3.56. The Labute approximate surface area is 149 Å². The number of nitro benzene ring substituents is 1. The largest absolute Gasteiger partial charge is 0.477 e. The van der Waals surface area contributed by atoms with Crippen LogP contribution < -0.4 is 10.1 Å². The topological polar surface area (TPSA) is 108 Å². The van der Waals surface area contributed by atoms with Gasteiger partial charge in [-0.3, -0.25) is 19.7 Å². The third-order valence-corrected chi connectivity index (χ3v) is 3.56. The van der Waals surface area contributed by atoms with Crippen molar-refractivity contribution in [3.8, 4) is 5.75 Å². The number of methoxy groups -OCH3 is 1. The van der Waals surface area contributed by atoms with Crippen LogP contribution in [0.3, 0.4) is 0 Å². The summed E-state index contributed by atoms with van der Waals surface area (Å²) in [6.45, 7) is -0.421. The monoisotopic (exact) mass is 358 g/mol. The molecule has 2 aromatic carbocycles. The van der Waals surface area contributed by atoms with Gasteiger partial charge in [0.15, 0.2) is 12.4 Å². The Hall–Kier alpha value is -3.42. The van der Waals surface area contributed by atoms with Crippen molar-refractivity contribution in [2.45, 2.75) is 12.5 Å². The van der Waals surface area contributed by atoms with Crippen molar-refractivity contribution in [2.75, 3.05) is 13.7 Å². The Balaban J connectivity index is 2.03. The zero-order chi connectivity index (χ0) is 18.9. The minimum absolute atomic E-state index is 0.00289. The molecule has 0 spiro atoms. The normalized spacial score (nSPS) is 11.3. The lowest BCUT2D eigenvalue weighted by Gasteiger charge is -2.18. The molecule has 1 N–H and O–H groups in total. The second-order valence-corrected chi connectivity index (χ2v) is 5.32. The van der Waals surface area contributed by atoms with E-state index in [4.69, 9.17) is 4.74 Å². The number of nitrogens with one attached hydrogen (secondary N) is 1. The van der Waals surface area contributed by atoms with Gasteiger partial charge in [0.05, 0.1) is 24.5 Å². The molecule has 0 aliphatic rings. The first-order chi connectivity index (χ1) is 12.5. The predicted molar refractivity (Wildman–Crippen MR) is 92.6 cm³/mol. The van der Waals surface area contributed by atoms with Gasteiger partial charge in [-0.1, -0.05) is 42.5 Å². The number of amides is 1. The number of rotatable bonds is 8. The van der Waals surface area contributed by atoms with E-state index >= 15 is 0 Å². The molecule has 2 aromatic rings. The zero-order valence-electron chi connectivity index (χ0n) is 14.1. The summed E-state index contributed by atoms with van der Waals surface area (Å²) < 4.78 is 9.92. The summed E-state index contributed by atoms with van der Waals surface area (Å²) in [5.74, 6) is -0.989. The number of hydrogen-bond acceptors (Lipinski definition) is 6. The lowest BCUT2D eigenvalue weighted by Crippen LogP contribution is -2.34. The Morgan fingerprint density at radius 1 is 1.12 bits per heavy atom. The summed E-state index contributed by atoms with van der Waals surface area (Å²) in [6.07, 6.45) is -0.0439. The molecule has 1 atom stereocenters. The smallest absolute Gasteiger partial charge is 0.310 e. The summed E-state index contributed by atoms with van der Waals surface area (Å²) >= 11 is 0. The highest BCUT2D eigenvalue weighted by Gasteiger charge is 2.20. The number of benzene rings is 2. The molecule has 8 nitrogen and oxygen atoms in total. The van der Waals surface area contributed by atoms with E-state index in [9.17, 15) is 19.7 Å². The van der Waals surface area contributed by atoms with Gasteiger partial charge in [-0.25, -0.2) is 0 Å². The molecule has 26 heavy (non-hydrogen) atoms. The van der Waals surface area contributed by atoms with E-state index in [-0.39, 0.29) is 17.9 Å². The fourth-order valence-electron chi connectivity index (χ4n) is 2.30. The van der Waals surface area contributed by atoms with Crippen LogP contribution in [0.25, 0.3) is 0 Å². The molecule has 2 rings (SSSR count). The number of carbonyl (C=O) groups is 2. The van der Waals surface area contributed by atoms with Crippen LogP contribution >= 0.6 is 0 Å². The minimum Gasteiger partial charge on any atom is -0.477 e. The van der Waals surface area contributed by atoms with Gasteiger partial charge in [0, 0.05) is 6.07 Å². The van der Waals surface area contributed by atoms with E-state index in [0.717, 1.165) is 5.56 Å². The Kier molecular flexibility index (Phi) is 6.67. The number of ether oxygens (including phenoxy) is 2. The molecule has 0 aliphatic carbocycles. The van der Waals surface area contributed by atoms with Crippen LogP contribution in [0.15, 0.2) is 54.6 Å². The first-order valence-corrected chi connectivity index (χ1v) is 7.78. The van der Waals surface area contributed by atoms with Crippen molar-refractivity contribution in [1.29, 1.82) is 0 Å². The molecular formula is C18H18N2O6. The van der Waals surface area contributed by atoms with E-state index in [1.165, 1.54) is 25.3 Å². The van der Waals surface area contributed by atoms with Crippen LogP contribution in [-0.2, 0) is 14.3 Å². The van der Waals surface area contributed by atoms with E-state index in [1.807, 2.05) is 6.07 Å². The molecular weight excluding hydrogens is 340 g/mol. The van der Waals surface area contributed by atoms with E-state index < -0.39 is 29.4 Å². The third kappa shape index (κ3) is 5.30. The van der Waals surface area contributed by atoms with Gasteiger partial charge < -0.3 is 14.8 Å². The summed E-state index contributed by atoms with van der Waals surface area (Å²) in [6, 6.07) is 14.1. The van der Waals surface area contributed by atoms with Gasteiger partial charge in [-0.2, -0.15) is 0 Å². The molecule has 0 fully saturated rings. The molecule has 8 heteroatoms. The van der Waals surface area contributed by atoms with Crippen molar-refractivity contribution < 1.29 is 24.0 Å². The summed E-state index contributed by atoms with van der Waals surface area (Å²) in [4.78, 5) is 34.2. The number of carbonyl (C=O) groups excluding carboxylic acids is 2. The molecule has 1 amide bonds. The maximum absolute atomic E-state index is 12.2. The van der Waals surface area contributed by atoms with E-state index in [2.05, 4.69) is 10.1 Å². The second kappa shape index (κ2) is 9.16. The van der Waals surface area contributed by atoms with Crippen molar-refractivity contribution in [2.24, 2.45) is 0 Å². The lowest BCUT2D eigenvalue weighted by atomic mass is 10.0. The maximum atomic E-state index is 12.2. The Bertz CT molecular complexity index is 778. The average molecular weight is 358 g/mol. The zero-order valence-corrected chi connectivity index (χ0v) is 14.1. The SMILES string of the molecule is COC(=O)C[C@@H](NC(=O)COc1ccccc1[N+](=O)[O-])c1ccccc1. The molecule has 0 saturated heterocycles. The first kappa shape index (κ1) is 18.9. The number of nitro groups is 1. The van der Waals surface area contributed by atoms with Gasteiger partial charge in [-0.15, -0.1) is 0 Å². The molecule has 0 unspecified atom stereocenters. The number of esters is 1. The van der Waals surface area contributed by atoms with Crippen LogP contribution in [0.1, 0.15) is 18.0 Å². The van der Waals surface area contributed by atoms with Crippen molar-refractivity contribution in [1.82, 2.24) is 5.32 Å². The van der Waals surface area contributed by atoms with Crippen LogP contribution in [0.2, 0.25) is 0 Å². The molecule has 0 saturated carbocycles. The summed E-state index contributed by atoms with van der Waals surface area (Å²) in [5.41, 5.74) is 0.506. The molecule has 136 valence electrons. The highest BCUT2D eigenvalue weighted by atomic mass is 16.6. The van der Waals surface area contributed by atoms with Crippen molar-refractivity contribution in [3.05, 3.63) is 70.3 Å². The Morgan fingerprint density at radius 2 is 1.77 bits per heavy atom. The van der Waals surface area contributed by atoms with Crippen molar-refractivity contribution in [3.63, 3.8) is 0 Å². The fraction of sp³-hybridized carbons (Fsp3) is 0.222. The molecule has 0 aromatic heterocycles. The van der Waals surface area contributed by atoms with Crippen LogP contribution in [0, 0.1) is 10.1 Å². The minimum atomic E-state index is -0.592. The van der Waals surface area contributed by atoms with Crippen LogP contribution in [0.5, 0.6) is 5.75 Å². The van der Waals surface area contributed by atoms with Crippen LogP contribution in [0.4, 0.5) is 5.69 Å². The maximum Gasteiger partial charge on any atom is 0.310 e. The highest BCUT2D eigenvalue weighted by molar-refractivity contribution is 5.79. The lowest BCUT2D eigenvalue weighted by molar-refractivity contribution is -0.385. The van der Waals surface area contributed by atoms with Gasteiger partial charge in [0.1, 0.15) is 0 Å². The summed E-state index contributed by atoms with van der Waals surface area (Å²) in [7, 11) is 1.27. The van der Waals surface area contributed by atoms with Crippen LogP contribution in [-0.4, -0.2) is 30.5 Å². The first-order valence-electron chi connectivity index (χ1n) is 7.78. The number of nitrogens with zero attached hydrogens (tertiary/aromatic N) is 1. The van der Waals surface area contributed by atoms with Gasteiger partial charge in [0.25, 0.3) is 5.91 Å². The standard InChI is InChI=1S/C18H18N2O6/c1-25-18(22)11-14(13-7-3-2-4-8-13)19-17(21)12-26-16-10-6-5-9-15(16)20(23)24/h2-10,14H,11-12H2,1H3,(H,19,21)/t14-/m1/s1. The predicted octanol–water partition coefficient (Wildman–Crippen LogP) is 2.39. The number of para-hydroxylation sites is 2. The molecule has 0 bridgehead atoms. The van der Waals surface area contributed by atoms with E-state index in [0.29, 0.717) is 0 Å². The van der Waals surface area contributed by atoms with Gasteiger partial charge in [0.2, 0.25) is 0 Å². The quantitative estimate of drug-likeness (QED) is 0.441. The molecule has 0 heterocycles. The second-order valence-electron chi connectivity index (χ2n) is 5.32. The van der Waals surface area contributed by atoms with E-state index in [1.54, 1.807) is 30.3 Å². The number of hydrogen-bond donors (Lipinski definition) is 1. The molecule has 0 aliphatic heterocycles. The Morgan fingerprint density at radius 3 is 2.42 bits per heavy atom. The molecule has 0 radical (unpaired) electrons. The fourth-order valence-corrected chi connectivity index (χ4v) is 2.30. The van der Waals surface area contributed by atoms with Gasteiger partial charge in [-0.05, 0) is 11.6 Å². The summed E-state index contributed by atoms with van der Waals surface area (Å²) in [5, 5.41) is 13.6. The van der Waals surface area contributed by atoms with Gasteiger partial charge >= 0.3 is 11.7 Å². The highest BCUT2D eigenvalue weighted by Crippen LogP contribution is 2.25. The average Bonchev–Trinajstić information content (AvgIpc) is 2.66. The van der Waals surface area contributed by atoms with Crippen molar-refractivity contribution >= 4 is 17.6 Å².